The highest BCUT2D eigenvalue weighted by molar-refractivity contribution is 4.93. The standard InChI is InChI=1S/C11H20FNO/c1-11(12)8-13-5-2-10(11)9-3-6-14-7-4-9/h9-10,13H,2-8H2,1H3. The van der Waals surface area contributed by atoms with Crippen molar-refractivity contribution in [2.75, 3.05) is 26.3 Å². The molecule has 1 N–H and O–H groups in total. The average Bonchev–Trinajstić information content (AvgIpc) is 2.18. The van der Waals surface area contributed by atoms with Crippen molar-refractivity contribution in [3.05, 3.63) is 0 Å². The monoisotopic (exact) mass is 201 g/mol. The Balaban J connectivity index is 1.99. The Morgan fingerprint density at radius 2 is 2.00 bits per heavy atom. The first-order chi connectivity index (χ1) is 6.70. The molecule has 0 spiro atoms. The number of halogens is 1. The molecular weight excluding hydrogens is 181 g/mol. The van der Waals surface area contributed by atoms with Gasteiger partial charge in [-0.2, -0.15) is 0 Å². The Labute approximate surface area is 85.2 Å². The summed E-state index contributed by atoms with van der Waals surface area (Å²) in [7, 11) is 0. The van der Waals surface area contributed by atoms with Gasteiger partial charge in [0.25, 0.3) is 0 Å². The molecule has 0 aromatic heterocycles. The zero-order chi connectivity index (χ0) is 10.0. The summed E-state index contributed by atoms with van der Waals surface area (Å²) < 4.78 is 19.5. The van der Waals surface area contributed by atoms with Crippen molar-refractivity contribution < 1.29 is 9.13 Å². The van der Waals surface area contributed by atoms with E-state index in [2.05, 4.69) is 5.32 Å². The van der Waals surface area contributed by atoms with E-state index >= 15 is 0 Å². The van der Waals surface area contributed by atoms with Gasteiger partial charge in [0.2, 0.25) is 0 Å². The van der Waals surface area contributed by atoms with Gasteiger partial charge in [-0.25, -0.2) is 4.39 Å². The largest absolute Gasteiger partial charge is 0.381 e. The summed E-state index contributed by atoms with van der Waals surface area (Å²) in [5.41, 5.74) is -1.01. The van der Waals surface area contributed by atoms with Crippen LogP contribution >= 0.6 is 0 Å². The van der Waals surface area contributed by atoms with Gasteiger partial charge in [-0.3, -0.25) is 0 Å². The lowest BCUT2D eigenvalue weighted by atomic mass is 9.73. The van der Waals surface area contributed by atoms with E-state index in [-0.39, 0.29) is 5.92 Å². The Morgan fingerprint density at radius 1 is 1.29 bits per heavy atom. The van der Waals surface area contributed by atoms with Crippen LogP contribution < -0.4 is 5.32 Å². The van der Waals surface area contributed by atoms with Crippen molar-refractivity contribution in [3.8, 4) is 0 Å². The van der Waals surface area contributed by atoms with Crippen molar-refractivity contribution in [3.63, 3.8) is 0 Å². The number of ether oxygens (including phenoxy) is 1. The van der Waals surface area contributed by atoms with E-state index in [1.54, 1.807) is 6.92 Å². The molecule has 2 nitrogen and oxygen atoms in total. The molecule has 2 unspecified atom stereocenters. The highest BCUT2D eigenvalue weighted by Crippen LogP contribution is 2.37. The van der Waals surface area contributed by atoms with Crippen molar-refractivity contribution >= 4 is 0 Å². The highest BCUT2D eigenvalue weighted by Gasteiger charge is 2.41. The van der Waals surface area contributed by atoms with E-state index in [9.17, 15) is 4.39 Å². The molecule has 2 aliphatic rings. The molecule has 2 rings (SSSR count). The fourth-order valence-electron chi connectivity index (χ4n) is 2.87. The average molecular weight is 201 g/mol. The summed E-state index contributed by atoms with van der Waals surface area (Å²) in [5.74, 6) is 0.786. The van der Waals surface area contributed by atoms with E-state index < -0.39 is 5.67 Å². The smallest absolute Gasteiger partial charge is 0.123 e. The lowest BCUT2D eigenvalue weighted by Gasteiger charge is -2.41. The molecule has 0 aromatic rings. The first kappa shape index (κ1) is 10.4. The van der Waals surface area contributed by atoms with Gasteiger partial charge in [0.1, 0.15) is 5.67 Å². The minimum absolute atomic E-state index is 0.243. The zero-order valence-electron chi connectivity index (χ0n) is 8.89. The Hall–Kier alpha value is -0.150. The van der Waals surface area contributed by atoms with Crippen LogP contribution in [-0.4, -0.2) is 32.0 Å². The molecular formula is C11H20FNO. The minimum Gasteiger partial charge on any atom is -0.381 e. The van der Waals surface area contributed by atoms with E-state index in [1.807, 2.05) is 0 Å². The molecule has 0 bridgehead atoms. The molecule has 2 heterocycles. The molecule has 14 heavy (non-hydrogen) atoms. The third kappa shape index (κ3) is 2.09. The highest BCUT2D eigenvalue weighted by atomic mass is 19.1. The number of rotatable bonds is 1. The second kappa shape index (κ2) is 4.15. The van der Waals surface area contributed by atoms with Gasteiger partial charge in [0.15, 0.2) is 0 Å². The van der Waals surface area contributed by atoms with Gasteiger partial charge in [0, 0.05) is 19.8 Å². The van der Waals surface area contributed by atoms with Gasteiger partial charge in [-0.05, 0) is 44.6 Å². The maximum atomic E-state index is 14.2. The Morgan fingerprint density at radius 3 is 2.64 bits per heavy atom. The second-order valence-corrected chi connectivity index (χ2v) is 4.80. The van der Waals surface area contributed by atoms with Crippen LogP contribution in [-0.2, 0) is 4.74 Å². The second-order valence-electron chi connectivity index (χ2n) is 4.80. The van der Waals surface area contributed by atoms with Crippen LogP contribution in [0.2, 0.25) is 0 Å². The molecule has 0 radical (unpaired) electrons. The predicted molar refractivity (Wildman–Crippen MR) is 54.0 cm³/mol. The van der Waals surface area contributed by atoms with Crippen LogP contribution in [0.4, 0.5) is 4.39 Å². The van der Waals surface area contributed by atoms with Crippen molar-refractivity contribution in [2.24, 2.45) is 11.8 Å². The molecule has 2 saturated heterocycles. The third-order valence-electron chi connectivity index (χ3n) is 3.71. The normalized spacial score (nSPS) is 41.1. The van der Waals surface area contributed by atoms with Crippen molar-refractivity contribution in [1.29, 1.82) is 0 Å². The number of alkyl halides is 1. The van der Waals surface area contributed by atoms with Crippen LogP contribution in [0.3, 0.4) is 0 Å². The van der Waals surface area contributed by atoms with Crippen molar-refractivity contribution in [2.45, 2.75) is 31.9 Å². The van der Waals surface area contributed by atoms with Gasteiger partial charge >= 0.3 is 0 Å². The lowest BCUT2D eigenvalue weighted by molar-refractivity contribution is -0.0191. The van der Waals surface area contributed by atoms with Crippen LogP contribution in [0.5, 0.6) is 0 Å². The minimum atomic E-state index is -1.01. The number of nitrogens with one attached hydrogen (secondary N) is 1. The van der Waals surface area contributed by atoms with E-state index in [4.69, 9.17) is 4.74 Å². The fourth-order valence-corrected chi connectivity index (χ4v) is 2.87. The zero-order valence-corrected chi connectivity index (χ0v) is 8.89. The van der Waals surface area contributed by atoms with Crippen LogP contribution in [0, 0.1) is 11.8 Å². The molecule has 82 valence electrons. The summed E-state index contributed by atoms with van der Waals surface area (Å²) in [6.45, 7) is 4.89. The molecule has 2 aliphatic heterocycles. The number of piperidine rings is 1. The predicted octanol–water partition coefficient (Wildman–Crippen LogP) is 1.75. The van der Waals surface area contributed by atoms with Crippen LogP contribution in [0.1, 0.15) is 26.2 Å². The SMILES string of the molecule is CC1(F)CNCCC1C1CCOCC1. The molecule has 0 aromatic carbocycles. The Bertz CT molecular complexity index is 190. The number of hydrogen-bond acceptors (Lipinski definition) is 2. The summed E-state index contributed by atoms with van der Waals surface area (Å²) >= 11 is 0. The summed E-state index contributed by atoms with van der Waals surface area (Å²) in [6.07, 6.45) is 3.08. The fraction of sp³-hybridized carbons (Fsp3) is 1.00. The third-order valence-corrected chi connectivity index (χ3v) is 3.71. The first-order valence-electron chi connectivity index (χ1n) is 5.67. The molecule has 0 amide bonds. The first-order valence-corrected chi connectivity index (χ1v) is 5.67. The topological polar surface area (TPSA) is 21.3 Å². The lowest BCUT2D eigenvalue weighted by Crippen LogP contribution is -2.50. The van der Waals surface area contributed by atoms with Gasteiger partial charge in [0.05, 0.1) is 0 Å². The Kier molecular flexibility index (Phi) is 3.07. The van der Waals surface area contributed by atoms with Gasteiger partial charge in [-0.1, -0.05) is 0 Å². The van der Waals surface area contributed by atoms with E-state index in [0.717, 1.165) is 39.0 Å². The van der Waals surface area contributed by atoms with E-state index in [1.165, 1.54) is 0 Å². The maximum Gasteiger partial charge on any atom is 0.123 e. The van der Waals surface area contributed by atoms with Crippen LogP contribution in [0.15, 0.2) is 0 Å². The van der Waals surface area contributed by atoms with Gasteiger partial charge < -0.3 is 10.1 Å². The quantitative estimate of drug-likeness (QED) is 0.698. The molecule has 3 heteroatoms. The molecule has 0 saturated carbocycles. The number of hydrogen-bond donors (Lipinski definition) is 1. The van der Waals surface area contributed by atoms with E-state index in [0.29, 0.717) is 12.5 Å². The molecule has 0 aliphatic carbocycles. The van der Waals surface area contributed by atoms with Gasteiger partial charge in [-0.15, -0.1) is 0 Å². The summed E-state index contributed by atoms with van der Waals surface area (Å²) in [4.78, 5) is 0. The maximum absolute atomic E-state index is 14.2. The molecule has 2 atom stereocenters. The van der Waals surface area contributed by atoms with Crippen LogP contribution in [0.25, 0.3) is 0 Å². The van der Waals surface area contributed by atoms with Crippen molar-refractivity contribution in [1.82, 2.24) is 5.32 Å². The molecule has 2 fully saturated rings. The summed E-state index contributed by atoms with van der Waals surface area (Å²) in [5, 5.41) is 3.14. The summed E-state index contributed by atoms with van der Waals surface area (Å²) in [6, 6.07) is 0.